The van der Waals surface area contributed by atoms with Crippen molar-refractivity contribution in [2.45, 2.75) is 26.2 Å². The average Bonchev–Trinajstić information content (AvgIpc) is 2.61. The van der Waals surface area contributed by atoms with Gasteiger partial charge in [0.1, 0.15) is 5.82 Å². The van der Waals surface area contributed by atoms with E-state index in [9.17, 15) is 4.79 Å². The van der Waals surface area contributed by atoms with Crippen LogP contribution < -0.4 is 5.56 Å². The van der Waals surface area contributed by atoms with Gasteiger partial charge >= 0.3 is 0 Å². The van der Waals surface area contributed by atoms with Gasteiger partial charge in [-0.25, -0.2) is 4.98 Å². The average molecular weight is 385 g/mol. The second kappa shape index (κ2) is 7.05. The number of aromatic nitrogens is 3. The van der Waals surface area contributed by atoms with E-state index < -0.39 is 0 Å². The number of benzene rings is 1. The molecule has 0 aliphatic heterocycles. The third-order valence-electron chi connectivity index (χ3n) is 3.89. The quantitative estimate of drug-likeness (QED) is 0.639. The van der Waals surface area contributed by atoms with Crippen LogP contribution >= 0.6 is 15.9 Å². The summed E-state index contributed by atoms with van der Waals surface area (Å²) in [5, 5.41) is 4.93. The van der Waals surface area contributed by atoms with E-state index in [1.54, 1.807) is 24.7 Å². The van der Waals surface area contributed by atoms with Gasteiger partial charge in [-0.3, -0.25) is 9.78 Å². The van der Waals surface area contributed by atoms with E-state index in [0.29, 0.717) is 16.7 Å². The van der Waals surface area contributed by atoms with E-state index in [0.717, 1.165) is 16.5 Å². The van der Waals surface area contributed by atoms with Crippen molar-refractivity contribution in [3.63, 3.8) is 0 Å². The van der Waals surface area contributed by atoms with Crippen molar-refractivity contribution < 1.29 is 0 Å². The molecule has 122 valence electrons. The number of halogens is 1. The van der Waals surface area contributed by atoms with Gasteiger partial charge in [-0.05, 0) is 30.7 Å². The minimum absolute atomic E-state index is 0.122. The minimum Gasteiger partial charge on any atom is -0.267 e. The van der Waals surface area contributed by atoms with Gasteiger partial charge in [0, 0.05) is 28.3 Å². The van der Waals surface area contributed by atoms with Crippen molar-refractivity contribution in [3.05, 3.63) is 68.9 Å². The van der Waals surface area contributed by atoms with Crippen molar-refractivity contribution in [2.75, 3.05) is 0 Å². The molecule has 0 saturated carbocycles. The molecular weight excluding hydrogens is 368 g/mol. The molecule has 3 aromatic rings. The van der Waals surface area contributed by atoms with Crippen molar-refractivity contribution >= 4 is 33.0 Å². The highest BCUT2D eigenvalue weighted by molar-refractivity contribution is 9.10. The van der Waals surface area contributed by atoms with E-state index in [4.69, 9.17) is 0 Å². The molecule has 24 heavy (non-hydrogen) atoms. The molecule has 1 atom stereocenters. The van der Waals surface area contributed by atoms with Crippen LogP contribution in [0.2, 0.25) is 0 Å². The molecule has 5 nitrogen and oxygen atoms in total. The lowest BCUT2D eigenvalue weighted by Crippen LogP contribution is -2.23. The Morgan fingerprint density at radius 1 is 1.38 bits per heavy atom. The first-order valence-corrected chi connectivity index (χ1v) is 8.56. The van der Waals surface area contributed by atoms with Crippen LogP contribution in [0.5, 0.6) is 0 Å². The van der Waals surface area contributed by atoms with Gasteiger partial charge < -0.3 is 0 Å². The number of hydrogen-bond acceptors (Lipinski definition) is 4. The molecule has 0 spiro atoms. The number of rotatable bonds is 4. The molecule has 0 bridgehead atoms. The van der Waals surface area contributed by atoms with Crippen LogP contribution in [-0.4, -0.2) is 20.9 Å². The molecule has 2 aromatic heterocycles. The van der Waals surface area contributed by atoms with Crippen LogP contribution in [0, 0.1) is 0 Å². The summed E-state index contributed by atoms with van der Waals surface area (Å²) in [7, 11) is 0. The molecule has 0 amide bonds. The summed E-state index contributed by atoms with van der Waals surface area (Å²) in [5.41, 5.74) is 1.34. The highest BCUT2D eigenvalue weighted by atomic mass is 79.9. The lowest BCUT2D eigenvalue weighted by molar-refractivity contribution is 0.613. The summed E-state index contributed by atoms with van der Waals surface area (Å²) < 4.78 is 2.24. The molecule has 0 aliphatic carbocycles. The summed E-state index contributed by atoms with van der Waals surface area (Å²) in [6, 6.07) is 9.23. The highest BCUT2D eigenvalue weighted by Crippen LogP contribution is 2.20. The van der Waals surface area contributed by atoms with Gasteiger partial charge in [0.05, 0.1) is 17.1 Å². The molecule has 1 aromatic carbocycles. The van der Waals surface area contributed by atoms with E-state index in [1.807, 2.05) is 31.2 Å². The third kappa shape index (κ3) is 3.28. The first-order chi connectivity index (χ1) is 11.6. The van der Waals surface area contributed by atoms with Crippen molar-refractivity contribution in [1.29, 1.82) is 0 Å². The molecular formula is C18H17BrN4O. The topological polar surface area (TPSA) is 60.1 Å². The maximum absolute atomic E-state index is 12.9. The highest BCUT2D eigenvalue weighted by Gasteiger charge is 2.15. The van der Waals surface area contributed by atoms with E-state index in [2.05, 4.69) is 37.9 Å². The van der Waals surface area contributed by atoms with Crippen molar-refractivity contribution in [1.82, 2.24) is 14.6 Å². The normalized spacial score (nSPS) is 12.8. The summed E-state index contributed by atoms with van der Waals surface area (Å²) in [6.07, 6.45) is 5.90. The largest absolute Gasteiger partial charge is 0.282 e. The smallest absolute Gasteiger partial charge is 0.267 e. The fraction of sp³-hybridized carbons (Fsp3) is 0.222. The SMILES string of the molecule is CC[C@@H](C)c1nc2ccc(Br)cc2c(=O)n1N=Cc1cccnc1. The Balaban J connectivity index is 2.21. The molecule has 0 radical (unpaired) electrons. The second-order valence-corrected chi connectivity index (χ2v) is 6.50. The second-order valence-electron chi connectivity index (χ2n) is 5.59. The van der Waals surface area contributed by atoms with Crippen LogP contribution in [0.4, 0.5) is 0 Å². The first kappa shape index (κ1) is 16.5. The summed E-state index contributed by atoms with van der Waals surface area (Å²) >= 11 is 3.41. The standard InChI is InChI=1S/C18H17BrN4O/c1-3-12(2)17-22-16-7-6-14(19)9-15(16)18(24)23(17)21-11-13-5-4-8-20-10-13/h4-12H,3H2,1-2H3/t12-/m1/s1. The molecule has 0 fully saturated rings. The van der Waals surface area contributed by atoms with E-state index >= 15 is 0 Å². The minimum atomic E-state index is -0.170. The van der Waals surface area contributed by atoms with Gasteiger partial charge in [-0.2, -0.15) is 9.78 Å². The number of nitrogens with zero attached hydrogens (tertiary/aromatic N) is 4. The van der Waals surface area contributed by atoms with Gasteiger partial charge in [0.2, 0.25) is 0 Å². The number of hydrogen-bond donors (Lipinski definition) is 0. The molecule has 3 rings (SSSR count). The molecule has 0 N–H and O–H groups in total. The van der Waals surface area contributed by atoms with Gasteiger partial charge in [-0.15, -0.1) is 0 Å². The fourth-order valence-electron chi connectivity index (χ4n) is 2.36. The van der Waals surface area contributed by atoms with Crippen LogP contribution in [0.25, 0.3) is 10.9 Å². The molecule has 6 heteroatoms. The molecule has 2 heterocycles. The summed E-state index contributed by atoms with van der Waals surface area (Å²) in [4.78, 5) is 21.6. The molecule has 0 aliphatic rings. The molecule has 0 saturated heterocycles. The monoisotopic (exact) mass is 384 g/mol. The zero-order valence-corrected chi connectivity index (χ0v) is 15.1. The van der Waals surface area contributed by atoms with Crippen molar-refractivity contribution in [2.24, 2.45) is 5.10 Å². The van der Waals surface area contributed by atoms with Gasteiger partial charge in [0.15, 0.2) is 0 Å². The Morgan fingerprint density at radius 3 is 2.92 bits per heavy atom. The Bertz CT molecular complexity index is 950. The zero-order chi connectivity index (χ0) is 17.1. The zero-order valence-electron chi connectivity index (χ0n) is 13.5. The first-order valence-electron chi connectivity index (χ1n) is 7.76. The van der Waals surface area contributed by atoms with Crippen LogP contribution in [0.3, 0.4) is 0 Å². The van der Waals surface area contributed by atoms with Crippen LogP contribution in [0.15, 0.2) is 57.1 Å². The predicted molar refractivity (Wildman–Crippen MR) is 99.6 cm³/mol. The Hall–Kier alpha value is -2.34. The van der Waals surface area contributed by atoms with Crippen LogP contribution in [0.1, 0.15) is 37.6 Å². The van der Waals surface area contributed by atoms with E-state index in [1.165, 1.54) is 4.68 Å². The number of fused-ring (bicyclic) bond motifs is 1. The summed E-state index contributed by atoms with van der Waals surface area (Å²) in [5.74, 6) is 0.786. The Labute approximate surface area is 148 Å². The Kier molecular flexibility index (Phi) is 4.85. The van der Waals surface area contributed by atoms with Gasteiger partial charge in [0.25, 0.3) is 5.56 Å². The molecule has 0 unspecified atom stereocenters. The Morgan fingerprint density at radius 2 is 2.21 bits per heavy atom. The fourth-order valence-corrected chi connectivity index (χ4v) is 2.72. The van der Waals surface area contributed by atoms with Gasteiger partial charge in [-0.1, -0.05) is 35.8 Å². The van der Waals surface area contributed by atoms with E-state index in [-0.39, 0.29) is 11.5 Å². The third-order valence-corrected chi connectivity index (χ3v) is 4.39. The lowest BCUT2D eigenvalue weighted by atomic mass is 10.1. The predicted octanol–water partition coefficient (Wildman–Crippen LogP) is 3.95. The van der Waals surface area contributed by atoms with Crippen molar-refractivity contribution in [3.8, 4) is 0 Å². The lowest BCUT2D eigenvalue weighted by Gasteiger charge is -2.13. The summed E-state index contributed by atoms with van der Waals surface area (Å²) in [6.45, 7) is 4.11. The maximum Gasteiger partial charge on any atom is 0.282 e. The number of pyridine rings is 1. The maximum atomic E-state index is 12.9. The van der Waals surface area contributed by atoms with Crippen LogP contribution in [-0.2, 0) is 0 Å².